The Hall–Kier alpha value is -3.00. The van der Waals surface area contributed by atoms with Crippen molar-refractivity contribution in [1.29, 1.82) is 0 Å². The number of aliphatic hydroxyl groups is 1. The summed E-state index contributed by atoms with van der Waals surface area (Å²) in [4.78, 5) is 30.9. The van der Waals surface area contributed by atoms with E-state index in [1.807, 2.05) is 13.8 Å². The zero-order valence-electron chi connectivity index (χ0n) is 14.2. The van der Waals surface area contributed by atoms with Crippen LogP contribution in [0.15, 0.2) is 29.1 Å². The number of rotatable bonds is 4. The molecule has 0 fully saturated rings. The number of nitrogens with one attached hydrogen (secondary N) is 2. The van der Waals surface area contributed by atoms with Gasteiger partial charge in [0.05, 0.1) is 16.6 Å². The van der Waals surface area contributed by atoms with Gasteiger partial charge in [0.15, 0.2) is 5.65 Å². The summed E-state index contributed by atoms with van der Waals surface area (Å²) in [5.74, 6) is -0.330. The molecule has 0 aliphatic rings. The first kappa shape index (κ1) is 16.8. The lowest BCUT2D eigenvalue weighted by Gasteiger charge is -2.12. The van der Waals surface area contributed by atoms with Crippen molar-refractivity contribution in [3.8, 4) is 0 Å². The summed E-state index contributed by atoms with van der Waals surface area (Å²) in [6.07, 6.45) is -1.01. The minimum absolute atomic E-state index is 0.0268. The molecule has 1 atom stereocenters. The minimum atomic E-state index is -1.01. The number of hydrogen-bond donors (Lipinski definition) is 3. The fraction of sp³-hybridized carbons (Fsp3) is 0.294. The molecule has 25 heavy (non-hydrogen) atoms. The zero-order valence-corrected chi connectivity index (χ0v) is 14.2. The second kappa shape index (κ2) is 6.48. The summed E-state index contributed by atoms with van der Waals surface area (Å²) in [7, 11) is 1.78. The number of aliphatic hydroxyl groups excluding tert-OH is 1. The Morgan fingerprint density at radius 1 is 1.40 bits per heavy atom. The Morgan fingerprint density at radius 3 is 2.88 bits per heavy atom. The van der Waals surface area contributed by atoms with E-state index < -0.39 is 6.10 Å². The second-order valence-corrected chi connectivity index (χ2v) is 5.92. The average Bonchev–Trinajstić information content (AvgIpc) is 2.85. The molecular weight excluding hydrogens is 322 g/mol. The van der Waals surface area contributed by atoms with Gasteiger partial charge in [-0.1, -0.05) is 6.07 Å². The van der Waals surface area contributed by atoms with Gasteiger partial charge in [-0.05, 0) is 26.0 Å². The molecule has 3 aromatic heterocycles. The number of carbonyl (C=O) groups excluding carboxylic acids is 1. The Balaban J connectivity index is 1.84. The number of fused-ring (bicyclic) bond motifs is 1. The van der Waals surface area contributed by atoms with Gasteiger partial charge >= 0.3 is 0 Å². The predicted octanol–water partition coefficient (Wildman–Crippen LogP) is 0.737. The predicted molar refractivity (Wildman–Crippen MR) is 92.3 cm³/mol. The second-order valence-electron chi connectivity index (χ2n) is 5.92. The lowest BCUT2D eigenvalue weighted by atomic mass is 10.1. The Bertz CT molecular complexity index is 1010. The van der Waals surface area contributed by atoms with Gasteiger partial charge in [0.2, 0.25) is 5.56 Å². The van der Waals surface area contributed by atoms with E-state index in [1.165, 1.54) is 6.07 Å². The number of pyridine rings is 2. The first-order chi connectivity index (χ1) is 11.9. The smallest absolute Gasteiger partial charge is 0.252 e. The highest BCUT2D eigenvalue weighted by molar-refractivity contribution is 6.06. The van der Waals surface area contributed by atoms with Crippen molar-refractivity contribution in [2.24, 2.45) is 7.05 Å². The van der Waals surface area contributed by atoms with Crippen LogP contribution in [0.2, 0.25) is 0 Å². The molecule has 0 aliphatic carbocycles. The molecule has 0 saturated heterocycles. The summed E-state index contributed by atoms with van der Waals surface area (Å²) in [6.45, 7) is 3.60. The van der Waals surface area contributed by atoms with Crippen LogP contribution in [0.4, 0.5) is 0 Å². The largest absolute Gasteiger partial charge is 0.385 e. The van der Waals surface area contributed by atoms with Gasteiger partial charge in [-0.3, -0.25) is 14.3 Å². The van der Waals surface area contributed by atoms with Gasteiger partial charge in [0, 0.05) is 31.0 Å². The Kier molecular flexibility index (Phi) is 4.37. The topological polar surface area (TPSA) is 113 Å². The molecule has 8 nitrogen and oxygen atoms in total. The highest BCUT2D eigenvalue weighted by Gasteiger charge is 2.18. The van der Waals surface area contributed by atoms with Crippen LogP contribution in [-0.2, 0) is 7.05 Å². The van der Waals surface area contributed by atoms with E-state index >= 15 is 0 Å². The van der Waals surface area contributed by atoms with Crippen LogP contribution in [0, 0.1) is 13.8 Å². The van der Waals surface area contributed by atoms with Gasteiger partial charge in [-0.25, -0.2) is 4.98 Å². The molecule has 0 spiro atoms. The average molecular weight is 341 g/mol. The lowest BCUT2D eigenvalue weighted by Crippen LogP contribution is -2.29. The van der Waals surface area contributed by atoms with Crippen molar-refractivity contribution < 1.29 is 9.90 Å². The summed E-state index contributed by atoms with van der Waals surface area (Å²) < 4.78 is 1.64. The van der Waals surface area contributed by atoms with E-state index in [-0.39, 0.29) is 18.0 Å². The monoisotopic (exact) mass is 341 g/mol. The van der Waals surface area contributed by atoms with E-state index in [4.69, 9.17) is 0 Å². The standard InChI is InChI=1S/C17H19N5O3/c1-9-7-11(15-10(2)21-22(3)16(15)19-9)17(25)18-8-13(23)12-5-4-6-14(24)20-12/h4-7,13,23H,8H2,1-3H3,(H,18,25)(H,20,24). The van der Waals surface area contributed by atoms with Crippen LogP contribution in [-0.4, -0.2) is 37.3 Å². The summed E-state index contributed by atoms with van der Waals surface area (Å²) in [5, 5.41) is 17.9. The number of amides is 1. The molecule has 0 aliphatic heterocycles. The first-order valence-corrected chi connectivity index (χ1v) is 7.83. The molecule has 3 aromatic rings. The molecule has 0 bridgehead atoms. The summed E-state index contributed by atoms with van der Waals surface area (Å²) in [5.41, 5.74) is 2.55. The minimum Gasteiger partial charge on any atom is -0.385 e. The van der Waals surface area contributed by atoms with Gasteiger partial charge in [-0.15, -0.1) is 0 Å². The molecule has 1 amide bonds. The molecule has 0 saturated carbocycles. The quantitative estimate of drug-likeness (QED) is 0.648. The van der Waals surface area contributed by atoms with Crippen molar-refractivity contribution >= 4 is 16.9 Å². The highest BCUT2D eigenvalue weighted by atomic mass is 16.3. The van der Waals surface area contributed by atoms with Crippen LogP contribution in [0.1, 0.15) is 33.5 Å². The van der Waals surface area contributed by atoms with E-state index in [9.17, 15) is 14.7 Å². The number of nitrogens with zero attached hydrogens (tertiary/aromatic N) is 3. The van der Waals surface area contributed by atoms with Crippen molar-refractivity contribution in [2.75, 3.05) is 6.54 Å². The number of hydrogen-bond acceptors (Lipinski definition) is 5. The normalized spacial score (nSPS) is 12.3. The molecule has 0 aromatic carbocycles. The molecule has 3 rings (SSSR count). The van der Waals surface area contributed by atoms with E-state index in [0.29, 0.717) is 33.7 Å². The Labute approximate surface area is 143 Å². The van der Waals surface area contributed by atoms with E-state index in [2.05, 4.69) is 20.4 Å². The van der Waals surface area contributed by atoms with Crippen molar-refractivity contribution in [3.63, 3.8) is 0 Å². The molecule has 0 radical (unpaired) electrons. The summed E-state index contributed by atoms with van der Waals surface area (Å²) in [6, 6.07) is 6.20. The maximum Gasteiger partial charge on any atom is 0.252 e. The van der Waals surface area contributed by atoms with Crippen LogP contribution in [0.5, 0.6) is 0 Å². The first-order valence-electron chi connectivity index (χ1n) is 7.83. The molecule has 1 unspecified atom stereocenters. The third kappa shape index (κ3) is 3.29. The van der Waals surface area contributed by atoms with Crippen molar-refractivity contribution in [2.45, 2.75) is 20.0 Å². The maximum absolute atomic E-state index is 12.6. The third-order valence-corrected chi connectivity index (χ3v) is 3.95. The van der Waals surface area contributed by atoms with Gasteiger partial charge in [-0.2, -0.15) is 5.10 Å². The zero-order chi connectivity index (χ0) is 18.1. The van der Waals surface area contributed by atoms with Crippen LogP contribution >= 0.6 is 0 Å². The molecule has 3 heterocycles. The molecule has 130 valence electrons. The number of H-pyrrole nitrogens is 1. The SMILES string of the molecule is Cc1cc(C(=O)NCC(O)c2cccc(=O)[nH]2)c2c(C)nn(C)c2n1. The fourth-order valence-corrected chi connectivity index (χ4v) is 2.80. The van der Waals surface area contributed by atoms with Crippen LogP contribution < -0.4 is 10.9 Å². The van der Waals surface area contributed by atoms with Crippen molar-refractivity contribution in [1.82, 2.24) is 25.1 Å². The number of carbonyl (C=O) groups is 1. The lowest BCUT2D eigenvalue weighted by molar-refractivity contribution is 0.0915. The summed E-state index contributed by atoms with van der Waals surface area (Å²) >= 11 is 0. The van der Waals surface area contributed by atoms with E-state index in [0.717, 1.165) is 0 Å². The highest BCUT2D eigenvalue weighted by Crippen LogP contribution is 2.21. The van der Waals surface area contributed by atoms with E-state index in [1.54, 1.807) is 29.9 Å². The Morgan fingerprint density at radius 2 is 2.16 bits per heavy atom. The van der Waals surface area contributed by atoms with Gasteiger partial charge in [0.25, 0.3) is 5.91 Å². The fourth-order valence-electron chi connectivity index (χ4n) is 2.80. The maximum atomic E-state index is 12.6. The number of aromatic nitrogens is 4. The number of aryl methyl sites for hydroxylation is 3. The third-order valence-electron chi connectivity index (χ3n) is 3.95. The molecular formula is C17H19N5O3. The van der Waals surface area contributed by atoms with Crippen LogP contribution in [0.3, 0.4) is 0 Å². The van der Waals surface area contributed by atoms with Gasteiger partial charge < -0.3 is 15.4 Å². The molecule has 8 heteroatoms. The number of aromatic amines is 1. The van der Waals surface area contributed by atoms with Gasteiger partial charge in [0.1, 0.15) is 6.10 Å². The van der Waals surface area contributed by atoms with Crippen LogP contribution in [0.25, 0.3) is 11.0 Å². The molecule has 3 N–H and O–H groups in total. The van der Waals surface area contributed by atoms with Crippen molar-refractivity contribution in [3.05, 3.63) is 57.3 Å².